The first-order valence-corrected chi connectivity index (χ1v) is 7.59. The zero-order valence-electron chi connectivity index (χ0n) is 13.5. The van der Waals surface area contributed by atoms with E-state index in [1.165, 1.54) is 0 Å². The molecule has 0 aliphatic carbocycles. The lowest BCUT2D eigenvalue weighted by Crippen LogP contribution is -2.35. The van der Waals surface area contributed by atoms with Gasteiger partial charge >= 0.3 is 0 Å². The summed E-state index contributed by atoms with van der Waals surface area (Å²) in [4.78, 5) is 8.82. The zero-order valence-corrected chi connectivity index (χ0v) is 13.5. The fraction of sp³-hybridized carbons (Fsp3) is 0.667. The Bertz CT molecular complexity index is 560. The Kier molecular flexibility index (Phi) is 5.12. The van der Waals surface area contributed by atoms with Crippen LogP contribution >= 0.6 is 0 Å². The molecule has 0 spiro atoms. The highest BCUT2D eigenvalue weighted by Gasteiger charge is 2.28. The molecule has 2 unspecified atom stereocenters. The van der Waals surface area contributed by atoms with Gasteiger partial charge in [-0.1, -0.05) is 25.9 Å². The molecule has 21 heavy (non-hydrogen) atoms. The molecule has 0 aliphatic rings. The van der Waals surface area contributed by atoms with Crippen LogP contribution in [0.3, 0.4) is 0 Å². The SMILES string of the molecule is CCCNC(C)C(c1nc(-c2nccn2C)no1)C(C)C. The van der Waals surface area contributed by atoms with Crippen LogP contribution in [0.5, 0.6) is 0 Å². The van der Waals surface area contributed by atoms with Gasteiger partial charge in [0.1, 0.15) is 0 Å². The summed E-state index contributed by atoms with van der Waals surface area (Å²) in [5, 5.41) is 7.61. The van der Waals surface area contributed by atoms with Crippen molar-refractivity contribution in [3.8, 4) is 11.6 Å². The zero-order chi connectivity index (χ0) is 15.4. The molecule has 6 nitrogen and oxygen atoms in total. The Balaban J connectivity index is 2.22. The van der Waals surface area contributed by atoms with E-state index in [0.29, 0.717) is 23.7 Å². The molecule has 2 rings (SSSR count). The molecule has 2 heterocycles. The summed E-state index contributed by atoms with van der Waals surface area (Å²) in [5.41, 5.74) is 0. The van der Waals surface area contributed by atoms with Gasteiger partial charge in [-0.15, -0.1) is 0 Å². The maximum absolute atomic E-state index is 5.51. The molecule has 0 saturated heterocycles. The molecule has 0 radical (unpaired) electrons. The largest absolute Gasteiger partial charge is 0.338 e. The molecule has 116 valence electrons. The average molecular weight is 291 g/mol. The second-order valence-corrected chi connectivity index (χ2v) is 5.83. The van der Waals surface area contributed by atoms with E-state index < -0.39 is 0 Å². The molecule has 0 amide bonds. The lowest BCUT2D eigenvalue weighted by molar-refractivity contribution is 0.280. The van der Waals surface area contributed by atoms with Crippen LogP contribution in [0.4, 0.5) is 0 Å². The van der Waals surface area contributed by atoms with E-state index in [4.69, 9.17) is 4.52 Å². The van der Waals surface area contributed by atoms with Crippen LogP contribution in [-0.4, -0.2) is 32.3 Å². The predicted molar refractivity (Wildman–Crippen MR) is 81.8 cm³/mol. The Morgan fingerprint density at radius 2 is 2.10 bits per heavy atom. The van der Waals surface area contributed by atoms with Gasteiger partial charge in [0.05, 0.1) is 5.92 Å². The van der Waals surface area contributed by atoms with Crippen LogP contribution in [0.1, 0.15) is 45.9 Å². The van der Waals surface area contributed by atoms with Crippen molar-refractivity contribution in [2.75, 3.05) is 6.54 Å². The first-order chi connectivity index (χ1) is 10.0. The third-order valence-electron chi connectivity index (χ3n) is 3.72. The molecule has 0 saturated carbocycles. The summed E-state index contributed by atoms with van der Waals surface area (Å²) in [5.74, 6) is 2.56. The van der Waals surface area contributed by atoms with Gasteiger partial charge in [0.2, 0.25) is 11.7 Å². The van der Waals surface area contributed by atoms with Gasteiger partial charge in [0.15, 0.2) is 5.82 Å². The van der Waals surface area contributed by atoms with E-state index in [-0.39, 0.29) is 5.92 Å². The third-order valence-corrected chi connectivity index (χ3v) is 3.72. The minimum atomic E-state index is 0.193. The smallest absolute Gasteiger partial charge is 0.238 e. The Hall–Kier alpha value is -1.69. The molecule has 6 heteroatoms. The molecular formula is C15H25N5O. The fourth-order valence-corrected chi connectivity index (χ4v) is 2.62. The maximum Gasteiger partial charge on any atom is 0.238 e. The van der Waals surface area contributed by atoms with E-state index in [1.807, 2.05) is 17.8 Å². The van der Waals surface area contributed by atoms with Gasteiger partial charge in [-0.3, -0.25) is 0 Å². The Morgan fingerprint density at radius 1 is 1.33 bits per heavy atom. The summed E-state index contributed by atoms with van der Waals surface area (Å²) in [6.45, 7) is 9.69. The second kappa shape index (κ2) is 6.85. The van der Waals surface area contributed by atoms with E-state index >= 15 is 0 Å². The van der Waals surface area contributed by atoms with Crippen molar-refractivity contribution >= 4 is 0 Å². The van der Waals surface area contributed by atoms with Gasteiger partial charge in [0.25, 0.3) is 0 Å². The number of nitrogens with one attached hydrogen (secondary N) is 1. The van der Waals surface area contributed by atoms with Crippen molar-refractivity contribution in [3.05, 3.63) is 18.3 Å². The first-order valence-electron chi connectivity index (χ1n) is 7.59. The molecule has 1 N–H and O–H groups in total. The number of rotatable bonds is 7. The van der Waals surface area contributed by atoms with Crippen molar-refractivity contribution in [2.24, 2.45) is 13.0 Å². The number of aromatic nitrogens is 4. The summed E-state index contributed by atoms with van der Waals surface area (Å²) in [6.07, 6.45) is 4.71. The minimum absolute atomic E-state index is 0.193. The number of nitrogens with zero attached hydrogens (tertiary/aromatic N) is 4. The van der Waals surface area contributed by atoms with Crippen molar-refractivity contribution < 1.29 is 4.52 Å². The average Bonchev–Trinajstić information content (AvgIpc) is 3.05. The van der Waals surface area contributed by atoms with Crippen molar-refractivity contribution in [3.63, 3.8) is 0 Å². The lowest BCUT2D eigenvalue weighted by Gasteiger charge is -2.24. The summed E-state index contributed by atoms with van der Waals surface area (Å²) in [6, 6.07) is 0.291. The molecule has 0 aliphatic heterocycles. The van der Waals surface area contributed by atoms with Crippen molar-refractivity contribution in [2.45, 2.75) is 46.1 Å². The van der Waals surface area contributed by atoms with Gasteiger partial charge in [-0.25, -0.2) is 4.98 Å². The number of imidazole rings is 1. The topological polar surface area (TPSA) is 68.8 Å². The number of hydrogen-bond acceptors (Lipinski definition) is 5. The normalized spacial score (nSPS) is 14.6. The minimum Gasteiger partial charge on any atom is -0.338 e. The number of hydrogen-bond donors (Lipinski definition) is 1. The van der Waals surface area contributed by atoms with Crippen LogP contribution in [0.15, 0.2) is 16.9 Å². The number of aryl methyl sites for hydroxylation is 1. The maximum atomic E-state index is 5.51. The van der Waals surface area contributed by atoms with Crippen LogP contribution in [0.2, 0.25) is 0 Å². The Labute approximate surface area is 126 Å². The predicted octanol–water partition coefficient (Wildman–Crippen LogP) is 2.60. The third kappa shape index (κ3) is 3.50. The monoisotopic (exact) mass is 291 g/mol. The highest BCUT2D eigenvalue weighted by atomic mass is 16.5. The highest BCUT2D eigenvalue weighted by Crippen LogP contribution is 2.28. The highest BCUT2D eigenvalue weighted by molar-refractivity contribution is 5.42. The fourth-order valence-electron chi connectivity index (χ4n) is 2.62. The van der Waals surface area contributed by atoms with Crippen LogP contribution in [0, 0.1) is 5.92 Å². The van der Waals surface area contributed by atoms with Crippen LogP contribution in [-0.2, 0) is 7.05 Å². The molecule has 2 aromatic rings. The van der Waals surface area contributed by atoms with Gasteiger partial charge in [-0.2, -0.15) is 4.98 Å². The molecule has 0 aromatic carbocycles. The van der Waals surface area contributed by atoms with Gasteiger partial charge in [0, 0.05) is 25.5 Å². The molecular weight excluding hydrogens is 266 g/mol. The van der Waals surface area contributed by atoms with Gasteiger partial charge < -0.3 is 14.4 Å². The summed E-state index contributed by atoms with van der Waals surface area (Å²) >= 11 is 0. The quantitative estimate of drug-likeness (QED) is 0.849. The lowest BCUT2D eigenvalue weighted by atomic mass is 9.89. The first kappa shape index (κ1) is 15.7. The standard InChI is InChI=1S/C15H25N5O/c1-6-7-16-11(4)12(10(2)3)15-18-13(19-21-15)14-17-8-9-20(14)5/h8-12,16H,6-7H2,1-5H3. The van der Waals surface area contributed by atoms with E-state index in [2.05, 4.69) is 48.1 Å². The van der Waals surface area contributed by atoms with Crippen molar-refractivity contribution in [1.29, 1.82) is 0 Å². The van der Waals surface area contributed by atoms with Crippen molar-refractivity contribution in [1.82, 2.24) is 25.0 Å². The van der Waals surface area contributed by atoms with E-state index in [0.717, 1.165) is 18.8 Å². The van der Waals surface area contributed by atoms with E-state index in [9.17, 15) is 0 Å². The molecule has 2 atom stereocenters. The molecule has 0 bridgehead atoms. The summed E-state index contributed by atoms with van der Waals surface area (Å²) < 4.78 is 7.40. The van der Waals surface area contributed by atoms with E-state index in [1.54, 1.807) is 6.20 Å². The molecule has 0 fully saturated rings. The molecule has 2 aromatic heterocycles. The van der Waals surface area contributed by atoms with Crippen LogP contribution < -0.4 is 5.32 Å². The van der Waals surface area contributed by atoms with Crippen LogP contribution in [0.25, 0.3) is 11.6 Å². The summed E-state index contributed by atoms with van der Waals surface area (Å²) in [7, 11) is 1.92. The second-order valence-electron chi connectivity index (χ2n) is 5.83. The van der Waals surface area contributed by atoms with Gasteiger partial charge in [-0.05, 0) is 25.8 Å². The Morgan fingerprint density at radius 3 is 2.67 bits per heavy atom.